The molecule has 2 amide bonds. The molecular weight excluding hydrogens is 324 g/mol. The van der Waals surface area contributed by atoms with Crippen LogP contribution in [-0.2, 0) is 4.79 Å². The van der Waals surface area contributed by atoms with Gasteiger partial charge in [-0.2, -0.15) is 0 Å². The van der Waals surface area contributed by atoms with Crippen molar-refractivity contribution in [2.45, 2.75) is 26.8 Å². The normalized spacial score (nSPS) is 12.0. The average molecular weight is 346 g/mol. The van der Waals surface area contributed by atoms with Gasteiger partial charge in [-0.25, -0.2) is 9.48 Å². The van der Waals surface area contributed by atoms with Crippen molar-refractivity contribution in [3.8, 4) is 11.4 Å². The van der Waals surface area contributed by atoms with E-state index in [2.05, 4.69) is 20.8 Å². The number of rotatable bonds is 6. The molecule has 0 bridgehead atoms. The molecule has 1 unspecified atom stereocenters. The standard InChI is InChI=1S/C16H22N6O3/c1-10(2)22-14(18-19-20-22)12-7-5-6-8-13(12)17-16(25)21(4)9-11(3)15(23)24/h5-8,10-11H,9H2,1-4H3,(H,17,25)(H,23,24). The fourth-order valence-electron chi connectivity index (χ4n) is 2.29. The SMILES string of the molecule is CC(CN(C)C(=O)Nc1ccccc1-c1nnnn1C(C)C)C(=O)O. The zero-order valence-electron chi connectivity index (χ0n) is 14.7. The van der Waals surface area contributed by atoms with Crippen molar-refractivity contribution in [2.75, 3.05) is 18.9 Å². The number of anilines is 1. The van der Waals surface area contributed by atoms with Crippen LogP contribution in [0, 0.1) is 5.92 Å². The summed E-state index contributed by atoms with van der Waals surface area (Å²) in [7, 11) is 1.55. The van der Waals surface area contributed by atoms with Crippen LogP contribution in [0.25, 0.3) is 11.4 Å². The third kappa shape index (κ3) is 4.31. The molecule has 1 aromatic heterocycles. The third-order valence-electron chi connectivity index (χ3n) is 3.71. The van der Waals surface area contributed by atoms with E-state index in [1.165, 1.54) is 4.90 Å². The lowest BCUT2D eigenvalue weighted by molar-refractivity contribution is -0.141. The molecular formula is C16H22N6O3. The predicted molar refractivity (Wildman–Crippen MR) is 92.1 cm³/mol. The lowest BCUT2D eigenvalue weighted by Gasteiger charge is -2.21. The minimum absolute atomic E-state index is 0.0628. The first-order chi connectivity index (χ1) is 11.8. The Kier molecular flexibility index (Phi) is 5.68. The van der Waals surface area contributed by atoms with Gasteiger partial charge in [0.25, 0.3) is 0 Å². The number of hydrogen-bond donors (Lipinski definition) is 2. The van der Waals surface area contributed by atoms with Gasteiger partial charge in [0.1, 0.15) is 0 Å². The fourth-order valence-corrected chi connectivity index (χ4v) is 2.29. The maximum absolute atomic E-state index is 12.4. The lowest BCUT2D eigenvalue weighted by atomic mass is 10.1. The van der Waals surface area contributed by atoms with E-state index in [1.807, 2.05) is 26.0 Å². The van der Waals surface area contributed by atoms with Crippen LogP contribution in [0.2, 0.25) is 0 Å². The molecule has 0 spiro atoms. The largest absolute Gasteiger partial charge is 0.481 e. The van der Waals surface area contributed by atoms with Crippen LogP contribution in [-0.4, -0.2) is 55.8 Å². The number of carboxylic acids is 1. The molecule has 0 saturated carbocycles. The summed E-state index contributed by atoms with van der Waals surface area (Å²) >= 11 is 0. The molecule has 2 rings (SSSR count). The molecule has 2 aromatic rings. The smallest absolute Gasteiger partial charge is 0.321 e. The number of aromatic nitrogens is 4. The fraction of sp³-hybridized carbons (Fsp3) is 0.438. The number of carboxylic acid groups (broad SMARTS) is 1. The van der Waals surface area contributed by atoms with Crippen LogP contribution < -0.4 is 5.32 Å². The highest BCUT2D eigenvalue weighted by Gasteiger charge is 2.20. The summed E-state index contributed by atoms with van der Waals surface area (Å²) in [6.07, 6.45) is 0. The Morgan fingerprint density at radius 3 is 2.60 bits per heavy atom. The van der Waals surface area contributed by atoms with Gasteiger partial charge in [-0.3, -0.25) is 4.79 Å². The van der Waals surface area contributed by atoms with Crippen molar-refractivity contribution < 1.29 is 14.7 Å². The molecule has 0 saturated heterocycles. The second-order valence-electron chi connectivity index (χ2n) is 6.14. The van der Waals surface area contributed by atoms with Gasteiger partial charge >= 0.3 is 12.0 Å². The van der Waals surface area contributed by atoms with E-state index in [0.717, 1.165) is 0 Å². The van der Waals surface area contributed by atoms with Gasteiger partial charge in [-0.15, -0.1) is 5.10 Å². The molecule has 0 aliphatic rings. The van der Waals surface area contributed by atoms with Crippen LogP contribution in [0.15, 0.2) is 24.3 Å². The van der Waals surface area contributed by atoms with Gasteiger partial charge in [0, 0.05) is 19.2 Å². The molecule has 1 aromatic carbocycles. The van der Waals surface area contributed by atoms with E-state index in [4.69, 9.17) is 5.11 Å². The Bertz CT molecular complexity index is 758. The van der Waals surface area contributed by atoms with Gasteiger partial charge < -0.3 is 15.3 Å². The minimum Gasteiger partial charge on any atom is -0.481 e. The quantitative estimate of drug-likeness (QED) is 0.828. The van der Waals surface area contributed by atoms with E-state index in [-0.39, 0.29) is 12.6 Å². The van der Waals surface area contributed by atoms with Crippen LogP contribution in [0.3, 0.4) is 0 Å². The number of nitrogens with one attached hydrogen (secondary N) is 1. The lowest BCUT2D eigenvalue weighted by Crippen LogP contribution is -2.36. The maximum atomic E-state index is 12.4. The molecule has 0 radical (unpaired) electrons. The summed E-state index contributed by atoms with van der Waals surface area (Å²) in [6, 6.07) is 6.86. The first kappa shape index (κ1) is 18.4. The minimum atomic E-state index is -0.948. The number of carbonyl (C=O) groups excluding carboxylic acids is 1. The van der Waals surface area contributed by atoms with E-state index in [9.17, 15) is 9.59 Å². The van der Waals surface area contributed by atoms with Crippen molar-refractivity contribution in [1.29, 1.82) is 0 Å². The number of amides is 2. The van der Waals surface area contributed by atoms with Crippen LogP contribution in [0.5, 0.6) is 0 Å². The zero-order chi connectivity index (χ0) is 18.6. The summed E-state index contributed by atoms with van der Waals surface area (Å²) in [5.74, 6) is -1.05. The average Bonchev–Trinajstić information content (AvgIpc) is 3.04. The number of hydrogen-bond acceptors (Lipinski definition) is 5. The third-order valence-corrected chi connectivity index (χ3v) is 3.71. The van der Waals surface area contributed by atoms with Crippen molar-refractivity contribution in [3.05, 3.63) is 24.3 Å². The van der Waals surface area contributed by atoms with Gasteiger partial charge in [0.05, 0.1) is 17.6 Å². The van der Waals surface area contributed by atoms with Gasteiger partial charge in [-0.1, -0.05) is 19.1 Å². The number of benzene rings is 1. The molecule has 0 aliphatic carbocycles. The first-order valence-electron chi connectivity index (χ1n) is 7.93. The molecule has 2 N–H and O–H groups in total. The molecule has 9 nitrogen and oxygen atoms in total. The molecule has 0 aliphatic heterocycles. The Hall–Kier alpha value is -2.97. The summed E-state index contributed by atoms with van der Waals surface area (Å²) in [5, 5.41) is 23.5. The predicted octanol–water partition coefficient (Wildman–Crippen LogP) is 2.11. The molecule has 9 heteroatoms. The van der Waals surface area contributed by atoms with E-state index in [0.29, 0.717) is 17.1 Å². The van der Waals surface area contributed by atoms with Crippen LogP contribution in [0.4, 0.5) is 10.5 Å². The molecule has 134 valence electrons. The second kappa shape index (κ2) is 7.73. The van der Waals surface area contributed by atoms with Gasteiger partial charge in [0.15, 0.2) is 5.82 Å². The van der Waals surface area contributed by atoms with Crippen molar-refractivity contribution in [2.24, 2.45) is 5.92 Å². The topological polar surface area (TPSA) is 113 Å². The van der Waals surface area contributed by atoms with E-state index < -0.39 is 17.9 Å². The number of aliphatic carboxylic acids is 1. The van der Waals surface area contributed by atoms with Crippen LogP contribution in [0.1, 0.15) is 26.8 Å². The van der Waals surface area contributed by atoms with Crippen molar-refractivity contribution in [1.82, 2.24) is 25.1 Å². The first-order valence-corrected chi connectivity index (χ1v) is 7.93. The zero-order valence-corrected chi connectivity index (χ0v) is 14.7. The van der Waals surface area contributed by atoms with E-state index >= 15 is 0 Å². The highest BCUT2D eigenvalue weighted by Crippen LogP contribution is 2.27. The monoisotopic (exact) mass is 346 g/mol. The number of urea groups is 1. The Balaban J connectivity index is 2.22. The number of tetrazole rings is 1. The van der Waals surface area contributed by atoms with Crippen LogP contribution >= 0.6 is 0 Å². The maximum Gasteiger partial charge on any atom is 0.321 e. The van der Waals surface area contributed by atoms with Gasteiger partial charge in [-0.05, 0) is 36.4 Å². The molecule has 1 heterocycles. The van der Waals surface area contributed by atoms with Crippen molar-refractivity contribution in [3.63, 3.8) is 0 Å². The molecule has 25 heavy (non-hydrogen) atoms. The highest BCUT2D eigenvalue weighted by molar-refractivity contribution is 5.93. The summed E-state index contributed by atoms with van der Waals surface area (Å²) in [6.45, 7) is 5.58. The molecule has 1 atom stereocenters. The summed E-state index contributed by atoms with van der Waals surface area (Å²) < 4.78 is 1.67. The summed E-state index contributed by atoms with van der Waals surface area (Å²) in [5.41, 5.74) is 1.24. The summed E-state index contributed by atoms with van der Waals surface area (Å²) in [4.78, 5) is 24.7. The van der Waals surface area contributed by atoms with Gasteiger partial charge in [0.2, 0.25) is 0 Å². The Morgan fingerprint density at radius 2 is 1.96 bits per heavy atom. The number of para-hydroxylation sites is 1. The Morgan fingerprint density at radius 1 is 1.28 bits per heavy atom. The van der Waals surface area contributed by atoms with E-state index in [1.54, 1.807) is 30.8 Å². The highest BCUT2D eigenvalue weighted by atomic mass is 16.4. The molecule has 0 fully saturated rings. The van der Waals surface area contributed by atoms with Crippen molar-refractivity contribution >= 4 is 17.7 Å². The number of carbonyl (C=O) groups is 2. The Labute approximate surface area is 145 Å². The number of nitrogens with zero attached hydrogens (tertiary/aromatic N) is 5. The second-order valence-corrected chi connectivity index (χ2v) is 6.14.